The average Bonchev–Trinajstić information content (AvgIpc) is 3.09. The first-order valence-electron chi connectivity index (χ1n) is 11.1. The molecule has 0 fully saturated rings. The molecule has 3 aromatic carbocycles. The van der Waals surface area contributed by atoms with Crippen LogP contribution in [0.1, 0.15) is 36.2 Å². The second-order valence-corrected chi connectivity index (χ2v) is 8.15. The zero-order valence-corrected chi connectivity index (χ0v) is 18.7. The summed E-state index contributed by atoms with van der Waals surface area (Å²) < 4.78 is 14.4. The largest absolute Gasteiger partial charge is 0.354 e. The lowest BCUT2D eigenvalue weighted by Gasteiger charge is -2.30. The van der Waals surface area contributed by atoms with Gasteiger partial charge in [-0.05, 0) is 36.9 Å². The Morgan fingerprint density at radius 1 is 1.06 bits per heavy atom. The first-order valence-corrected chi connectivity index (χ1v) is 11.1. The second-order valence-electron chi connectivity index (χ2n) is 8.15. The molecule has 3 amide bonds. The van der Waals surface area contributed by atoms with Gasteiger partial charge in [-0.25, -0.2) is 4.39 Å². The fourth-order valence-electron chi connectivity index (χ4n) is 4.15. The Hall–Kier alpha value is -3.74. The zero-order chi connectivity index (χ0) is 23.5. The van der Waals surface area contributed by atoms with Gasteiger partial charge in [0.05, 0.1) is 5.69 Å². The van der Waals surface area contributed by atoms with Crippen LogP contribution in [0.3, 0.4) is 0 Å². The SMILES string of the molecule is CCCNC(=O)C(C)N(Cc1ccccc1F)C(=O)CN1C(=O)c2cccc3cccc1c23. The van der Waals surface area contributed by atoms with Crippen molar-refractivity contribution < 1.29 is 18.8 Å². The molecule has 0 saturated carbocycles. The van der Waals surface area contributed by atoms with Crippen molar-refractivity contribution in [2.45, 2.75) is 32.9 Å². The van der Waals surface area contributed by atoms with Gasteiger partial charge in [0.2, 0.25) is 11.8 Å². The van der Waals surface area contributed by atoms with E-state index in [0.29, 0.717) is 23.4 Å². The molecule has 6 nitrogen and oxygen atoms in total. The lowest BCUT2D eigenvalue weighted by atomic mass is 10.1. The highest BCUT2D eigenvalue weighted by atomic mass is 19.1. The third-order valence-corrected chi connectivity index (χ3v) is 5.96. The fourth-order valence-corrected chi connectivity index (χ4v) is 4.15. The summed E-state index contributed by atoms with van der Waals surface area (Å²) in [5.74, 6) is -1.47. The standard InChI is InChI=1S/C26H26FN3O3/c1-3-14-28-25(32)17(2)29(15-19-8-4-5-12-21(19)27)23(31)16-30-22-13-7-10-18-9-6-11-20(24(18)22)26(30)33/h4-13,17H,3,14-16H2,1-2H3,(H,28,32). The third kappa shape index (κ3) is 4.31. The minimum Gasteiger partial charge on any atom is -0.354 e. The van der Waals surface area contributed by atoms with Crippen molar-refractivity contribution in [3.8, 4) is 0 Å². The molecule has 0 radical (unpaired) electrons. The molecule has 0 bridgehead atoms. The van der Waals surface area contributed by atoms with Gasteiger partial charge in [0.25, 0.3) is 5.91 Å². The van der Waals surface area contributed by atoms with Gasteiger partial charge < -0.3 is 10.2 Å². The Morgan fingerprint density at radius 2 is 1.79 bits per heavy atom. The van der Waals surface area contributed by atoms with Crippen molar-refractivity contribution in [1.29, 1.82) is 0 Å². The molecule has 1 aliphatic heterocycles. The minimum atomic E-state index is -0.834. The number of anilines is 1. The topological polar surface area (TPSA) is 69.7 Å². The van der Waals surface area contributed by atoms with Gasteiger partial charge in [-0.15, -0.1) is 0 Å². The van der Waals surface area contributed by atoms with E-state index in [0.717, 1.165) is 17.2 Å². The molecular weight excluding hydrogens is 421 g/mol. The van der Waals surface area contributed by atoms with Gasteiger partial charge in [-0.3, -0.25) is 19.3 Å². The van der Waals surface area contributed by atoms with E-state index in [-0.39, 0.29) is 24.9 Å². The number of hydrogen-bond donors (Lipinski definition) is 1. The predicted molar refractivity (Wildman–Crippen MR) is 125 cm³/mol. The quantitative estimate of drug-likeness (QED) is 0.570. The molecule has 0 saturated heterocycles. The monoisotopic (exact) mass is 447 g/mol. The molecule has 1 heterocycles. The van der Waals surface area contributed by atoms with E-state index in [1.807, 2.05) is 37.3 Å². The Labute approximate surface area is 192 Å². The molecule has 0 aliphatic carbocycles. The second kappa shape index (κ2) is 9.40. The van der Waals surface area contributed by atoms with Crippen molar-refractivity contribution in [3.63, 3.8) is 0 Å². The van der Waals surface area contributed by atoms with Crippen molar-refractivity contribution in [1.82, 2.24) is 10.2 Å². The van der Waals surface area contributed by atoms with Crippen LogP contribution in [0.2, 0.25) is 0 Å². The molecule has 0 aromatic heterocycles. The zero-order valence-electron chi connectivity index (χ0n) is 18.7. The molecule has 7 heteroatoms. The fraction of sp³-hybridized carbons (Fsp3) is 0.269. The predicted octanol–water partition coefficient (Wildman–Crippen LogP) is 3.88. The summed E-state index contributed by atoms with van der Waals surface area (Å²) in [6.07, 6.45) is 0.754. The van der Waals surface area contributed by atoms with Crippen LogP contribution in [-0.2, 0) is 16.1 Å². The van der Waals surface area contributed by atoms with Crippen LogP contribution in [0, 0.1) is 5.82 Å². The maximum absolute atomic E-state index is 14.4. The molecule has 3 aromatic rings. The average molecular weight is 448 g/mol. The highest BCUT2D eigenvalue weighted by Gasteiger charge is 2.34. The summed E-state index contributed by atoms with van der Waals surface area (Å²) in [7, 11) is 0. The van der Waals surface area contributed by atoms with Crippen LogP contribution < -0.4 is 10.2 Å². The normalized spacial score (nSPS) is 13.3. The lowest BCUT2D eigenvalue weighted by molar-refractivity contribution is -0.139. The molecule has 1 unspecified atom stereocenters. The molecular formula is C26H26FN3O3. The van der Waals surface area contributed by atoms with Gasteiger partial charge in [0, 0.05) is 29.6 Å². The minimum absolute atomic E-state index is 0.0780. The van der Waals surface area contributed by atoms with Crippen LogP contribution in [0.5, 0.6) is 0 Å². The van der Waals surface area contributed by atoms with Crippen LogP contribution in [0.4, 0.5) is 10.1 Å². The number of nitrogens with one attached hydrogen (secondary N) is 1. The van der Waals surface area contributed by atoms with E-state index in [1.54, 1.807) is 31.2 Å². The maximum Gasteiger partial charge on any atom is 0.259 e. The number of carbonyl (C=O) groups excluding carboxylic acids is 3. The summed E-state index contributed by atoms with van der Waals surface area (Å²) in [6, 6.07) is 16.4. The van der Waals surface area contributed by atoms with Crippen molar-refractivity contribution in [2.24, 2.45) is 0 Å². The van der Waals surface area contributed by atoms with Gasteiger partial charge in [0.1, 0.15) is 18.4 Å². The van der Waals surface area contributed by atoms with Gasteiger partial charge in [-0.1, -0.05) is 49.4 Å². The van der Waals surface area contributed by atoms with E-state index in [4.69, 9.17) is 0 Å². The Kier molecular flexibility index (Phi) is 6.40. The number of hydrogen-bond acceptors (Lipinski definition) is 3. The number of amides is 3. The third-order valence-electron chi connectivity index (χ3n) is 5.96. The number of benzene rings is 3. The summed E-state index contributed by atoms with van der Waals surface area (Å²) in [4.78, 5) is 42.0. The summed E-state index contributed by atoms with van der Waals surface area (Å²) >= 11 is 0. The Morgan fingerprint density at radius 3 is 2.52 bits per heavy atom. The highest BCUT2D eigenvalue weighted by molar-refractivity contribution is 6.26. The Bertz CT molecular complexity index is 1220. The smallest absolute Gasteiger partial charge is 0.259 e. The van der Waals surface area contributed by atoms with Crippen molar-refractivity contribution in [2.75, 3.05) is 18.0 Å². The lowest BCUT2D eigenvalue weighted by Crippen LogP contribution is -2.51. The van der Waals surface area contributed by atoms with Crippen LogP contribution in [-0.4, -0.2) is 41.8 Å². The number of nitrogens with zero attached hydrogens (tertiary/aromatic N) is 2. The van der Waals surface area contributed by atoms with Gasteiger partial charge >= 0.3 is 0 Å². The van der Waals surface area contributed by atoms with Crippen LogP contribution in [0.25, 0.3) is 10.8 Å². The molecule has 1 N–H and O–H groups in total. The van der Waals surface area contributed by atoms with Crippen LogP contribution in [0.15, 0.2) is 60.7 Å². The number of rotatable bonds is 8. The molecule has 33 heavy (non-hydrogen) atoms. The van der Waals surface area contributed by atoms with E-state index < -0.39 is 17.8 Å². The van der Waals surface area contributed by atoms with E-state index in [2.05, 4.69) is 5.32 Å². The first-order chi connectivity index (χ1) is 15.9. The molecule has 170 valence electrons. The molecule has 4 rings (SSSR count). The summed E-state index contributed by atoms with van der Waals surface area (Å²) in [6.45, 7) is 3.71. The maximum atomic E-state index is 14.4. The number of carbonyl (C=O) groups is 3. The first kappa shape index (κ1) is 22.5. The molecule has 1 aliphatic rings. The van der Waals surface area contributed by atoms with E-state index in [1.165, 1.54) is 15.9 Å². The Balaban J connectivity index is 1.63. The van der Waals surface area contributed by atoms with E-state index in [9.17, 15) is 18.8 Å². The molecule has 0 spiro atoms. The van der Waals surface area contributed by atoms with Crippen LogP contribution >= 0.6 is 0 Å². The molecule has 1 atom stereocenters. The summed E-state index contributed by atoms with van der Waals surface area (Å²) in [5, 5.41) is 4.53. The van der Waals surface area contributed by atoms with Crippen molar-refractivity contribution >= 4 is 34.2 Å². The van der Waals surface area contributed by atoms with Gasteiger partial charge in [-0.2, -0.15) is 0 Å². The summed E-state index contributed by atoms with van der Waals surface area (Å²) in [5.41, 5.74) is 1.51. The van der Waals surface area contributed by atoms with E-state index >= 15 is 0 Å². The highest BCUT2D eigenvalue weighted by Crippen LogP contribution is 2.37. The number of halogens is 1. The van der Waals surface area contributed by atoms with Gasteiger partial charge in [0.15, 0.2) is 0 Å². The van der Waals surface area contributed by atoms with Crippen molar-refractivity contribution in [3.05, 3.63) is 77.6 Å².